The number of carbonyl (C=O) groups excluding carboxylic acids is 1. The number of amides is 1. The number of halogens is 1. The Kier molecular flexibility index (Phi) is 6.91. The molecular weight excluding hydrogens is 415 g/mol. The van der Waals surface area contributed by atoms with E-state index in [-0.39, 0.29) is 11.7 Å². The van der Waals surface area contributed by atoms with Crippen LogP contribution >= 0.6 is 0 Å². The number of nitrogens with zero attached hydrogens (tertiary/aromatic N) is 4. The predicted molar refractivity (Wildman–Crippen MR) is 124 cm³/mol. The number of hydrogen-bond acceptors (Lipinski definition) is 3. The lowest BCUT2D eigenvalue weighted by molar-refractivity contribution is 0.0730. The van der Waals surface area contributed by atoms with Gasteiger partial charge >= 0.3 is 0 Å². The molecule has 6 heteroatoms. The van der Waals surface area contributed by atoms with Gasteiger partial charge in [0.05, 0.1) is 31.3 Å². The monoisotopic (exact) mass is 438 g/mol. The van der Waals surface area contributed by atoms with Gasteiger partial charge in [-0.3, -0.25) is 9.48 Å². The molecule has 0 N–H and O–H groups in total. The first kappa shape index (κ1) is 22.0. The average molecular weight is 439 g/mol. The highest BCUT2D eigenvalue weighted by molar-refractivity contribution is 5.94. The molecule has 4 aromatic rings. The molecule has 33 heavy (non-hydrogen) atoms. The molecule has 0 atom stereocenters. The lowest BCUT2D eigenvalue weighted by Gasteiger charge is -2.23. The van der Waals surface area contributed by atoms with Crippen molar-refractivity contribution in [3.8, 4) is 17.3 Å². The molecule has 0 aliphatic rings. The van der Waals surface area contributed by atoms with Crippen molar-refractivity contribution in [1.82, 2.24) is 14.7 Å². The Morgan fingerprint density at radius 1 is 0.939 bits per heavy atom. The van der Waals surface area contributed by atoms with E-state index in [2.05, 4.69) is 11.2 Å². The van der Waals surface area contributed by atoms with Crippen molar-refractivity contribution in [3.05, 3.63) is 114 Å². The van der Waals surface area contributed by atoms with Gasteiger partial charge in [0, 0.05) is 29.4 Å². The molecule has 0 fully saturated rings. The van der Waals surface area contributed by atoms with Crippen molar-refractivity contribution >= 4 is 5.91 Å². The van der Waals surface area contributed by atoms with Gasteiger partial charge in [-0.05, 0) is 42.0 Å². The molecule has 0 aliphatic carbocycles. The Morgan fingerprint density at radius 3 is 2.27 bits per heavy atom. The molecule has 0 bridgehead atoms. The number of nitriles is 1. The zero-order chi connectivity index (χ0) is 23.0. The van der Waals surface area contributed by atoms with Gasteiger partial charge in [-0.25, -0.2) is 4.39 Å². The molecule has 4 rings (SSSR count). The zero-order valence-corrected chi connectivity index (χ0v) is 18.1. The van der Waals surface area contributed by atoms with E-state index < -0.39 is 0 Å². The largest absolute Gasteiger partial charge is 0.330 e. The van der Waals surface area contributed by atoms with Crippen LogP contribution in [0.25, 0.3) is 11.3 Å². The van der Waals surface area contributed by atoms with Crippen molar-refractivity contribution in [1.29, 1.82) is 5.26 Å². The smallest absolute Gasteiger partial charge is 0.254 e. The number of aromatic nitrogens is 2. The third-order valence-corrected chi connectivity index (χ3v) is 5.29. The van der Waals surface area contributed by atoms with Gasteiger partial charge < -0.3 is 4.90 Å². The van der Waals surface area contributed by atoms with Crippen LogP contribution in [0.3, 0.4) is 0 Å². The molecular formula is C27H23FN4O. The topological polar surface area (TPSA) is 61.9 Å². The Hall–Kier alpha value is -4.24. The molecule has 5 nitrogen and oxygen atoms in total. The fourth-order valence-corrected chi connectivity index (χ4v) is 3.68. The van der Waals surface area contributed by atoms with Crippen LogP contribution in [0.2, 0.25) is 0 Å². The minimum absolute atomic E-state index is 0.0886. The summed E-state index contributed by atoms with van der Waals surface area (Å²) in [5, 5.41) is 13.6. The van der Waals surface area contributed by atoms with Crippen LogP contribution in [0.5, 0.6) is 0 Å². The second-order valence-electron chi connectivity index (χ2n) is 7.69. The molecule has 0 spiro atoms. The van der Waals surface area contributed by atoms with Crippen molar-refractivity contribution in [3.63, 3.8) is 0 Å². The van der Waals surface area contributed by atoms with Crippen LogP contribution in [-0.2, 0) is 19.6 Å². The highest BCUT2D eigenvalue weighted by Gasteiger charge is 2.20. The Labute approximate surface area is 192 Å². The summed E-state index contributed by atoms with van der Waals surface area (Å²) in [6.07, 6.45) is 2.19. The molecule has 1 aromatic heterocycles. The number of aryl methyl sites for hydroxylation is 1. The van der Waals surface area contributed by atoms with Gasteiger partial charge in [0.15, 0.2) is 0 Å². The molecule has 0 saturated carbocycles. The SMILES string of the molecule is N#CCCn1cc(CN(Cc2ccccc2)C(=O)c2ccccc2)c(-c2ccc(F)cc2)n1. The highest BCUT2D eigenvalue weighted by Crippen LogP contribution is 2.25. The minimum Gasteiger partial charge on any atom is -0.330 e. The lowest BCUT2D eigenvalue weighted by atomic mass is 10.1. The summed E-state index contributed by atoms with van der Waals surface area (Å²) in [4.78, 5) is 15.2. The zero-order valence-electron chi connectivity index (χ0n) is 18.1. The van der Waals surface area contributed by atoms with E-state index in [1.807, 2.05) is 54.7 Å². The third-order valence-electron chi connectivity index (χ3n) is 5.29. The summed E-state index contributed by atoms with van der Waals surface area (Å²) in [5.41, 5.74) is 3.89. The van der Waals surface area contributed by atoms with Crippen molar-refractivity contribution in [2.75, 3.05) is 0 Å². The van der Waals surface area contributed by atoms with Gasteiger partial charge in [0.25, 0.3) is 5.91 Å². The summed E-state index contributed by atoms with van der Waals surface area (Å²) in [5.74, 6) is -0.413. The van der Waals surface area contributed by atoms with Crippen molar-refractivity contribution in [2.45, 2.75) is 26.1 Å². The second-order valence-corrected chi connectivity index (χ2v) is 7.69. The maximum absolute atomic E-state index is 13.5. The van der Waals surface area contributed by atoms with Crippen LogP contribution < -0.4 is 0 Å². The second kappa shape index (κ2) is 10.4. The fraction of sp³-hybridized carbons (Fsp3) is 0.148. The lowest BCUT2D eigenvalue weighted by Crippen LogP contribution is -2.30. The standard InChI is InChI=1S/C27H23FN4O/c28-25-14-12-22(13-15-25)26-24(20-32(30-26)17-7-16-29)19-31(18-21-8-3-1-4-9-21)27(33)23-10-5-2-6-11-23/h1-6,8-15,20H,7,17-19H2. The van der Waals surface area contributed by atoms with E-state index in [1.54, 1.807) is 33.8 Å². The predicted octanol–water partition coefficient (Wildman–Crippen LogP) is 5.45. The van der Waals surface area contributed by atoms with E-state index in [0.717, 1.165) is 16.7 Å². The third kappa shape index (κ3) is 5.52. The van der Waals surface area contributed by atoms with Gasteiger partial charge in [-0.15, -0.1) is 0 Å². The summed E-state index contributed by atoms with van der Waals surface area (Å²) in [6.45, 7) is 1.19. The van der Waals surface area contributed by atoms with Crippen LogP contribution in [-0.4, -0.2) is 20.6 Å². The van der Waals surface area contributed by atoms with Crippen LogP contribution in [0, 0.1) is 17.1 Å². The fourth-order valence-electron chi connectivity index (χ4n) is 3.68. The maximum Gasteiger partial charge on any atom is 0.254 e. The quantitative estimate of drug-likeness (QED) is 0.368. The number of hydrogen-bond donors (Lipinski definition) is 0. The van der Waals surface area contributed by atoms with E-state index in [9.17, 15) is 9.18 Å². The van der Waals surface area contributed by atoms with E-state index in [1.165, 1.54) is 12.1 Å². The molecule has 164 valence electrons. The Balaban J connectivity index is 1.71. The number of rotatable bonds is 8. The Morgan fingerprint density at radius 2 is 1.61 bits per heavy atom. The average Bonchev–Trinajstić information content (AvgIpc) is 3.26. The molecule has 0 saturated heterocycles. The number of benzene rings is 3. The van der Waals surface area contributed by atoms with Gasteiger partial charge in [-0.1, -0.05) is 48.5 Å². The number of carbonyl (C=O) groups is 1. The maximum atomic E-state index is 13.5. The summed E-state index contributed by atoms with van der Waals surface area (Å²) >= 11 is 0. The summed E-state index contributed by atoms with van der Waals surface area (Å²) < 4.78 is 15.2. The molecule has 0 aliphatic heterocycles. The van der Waals surface area contributed by atoms with Gasteiger partial charge in [0.1, 0.15) is 5.82 Å². The summed E-state index contributed by atoms with van der Waals surface area (Å²) in [6, 6.07) is 27.3. The molecule has 1 heterocycles. The molecule has 0 radical (unpaired) electrons. The Bertz CT molecular complexity index is 1250. The molecule has 3 aromatic carbocycles. The van der Waals surface area contributed by atoms with Gasteiger partial charge in [0.2, 0.25) is 0 Å². The highest BCUT2D eigenvalue weighted by atomic mass is 19.1. The first-order valence-electron chi connectivity index (χ1n) is 10.7. The van der Waals surface area contributed by atoms with Crippen LogP contribution in [0.4, 0.5) is 4.39 Å². The summed E-state index contributed by atoms with van der Waals surface area (Å²) in [7, 11) is 0. The molecule has 0 unspecified atom stereocenters. The van der Waals surface area contributed by atoms with Crippen molar-refractivity contribution in [2.24, 2.45) is 0 Å². The van der Waals surface area contributed by atoms with Crippen LogP contribution in [0.1, 0.15) is 27.9 Å². The minimum atomic E-state index is -0.325. The van der Waals surface area contributed by atoms with Gasteiger partial charge in [-0.2, -0.15) is 10.4 Å². The first-order valence-corrected chi connectivity index (χ1v) is 10.7. The van der Waals surface area contributed by atoms with E-state index >= 15 is 0 Å². The van der Waals surface area contributed by atoms with E-state index in [4.69, 9.17) is 5.26 Å². The van der Waals surface area contributed by atoms with Crippen LogP contribution in [0.15, 0.2) is 91.1 Å². The normalized spacial score (nSPS) is 10.5. The van der Waals surface area contributed by atoms with E-state index in [0.29, 0.717) is 37.3 Å². The molecule has 1 amide bonds. The first-order chi connectivity index (χ1) is 16.1. The van der Waals surface area contributed by atoms with Crippen molar-refractivity contribution < 1.29 is 9.18 Å².